The first-order chi connectivity index (χ1) is 10.2. The van der Waals surface area contributed by atoms with Crippen molar-refractivity contribution in [3.8, 4) is 0 Å². The van der Waals surface area contributed by atoms with Gasteiger partial charge in [-0.05, 0) is 81.5 Å². The van der Waals surface area contributed by atoms with Crippen LogP contribution < -0.4 is 0 Å². The van der Waals surface area contributed by atoms with Gasteiger partial charge in [0, 0.05) is 18.0 Å². The van der Waals surface area contributed by atoms with E-state index in [0.29, 0.717) is 35.7 Å². The summed E-state index contributed by atoms with van der Waals surface area (Å²) in [5, 5.41) is 9.96. The van der Waals surface area contributed by atoms with Crippen LogP contribution in [0.2, 0.25) is 0 Å². The fourth-order valence-corrected chi connectivity index (χ4v) is 7.01. The van der Waals surface area contributed by atoms with Crippen molar-refractivity contribution in [2.75, 3.05) is 0 Å². The van der Waals surface area contributed by atoms with Crippen molar-refractivity contribution in [2.24, 2.45) is 29.6 Å². The van der Waals surface area contributed by atoms with Gasteiger partial charge < -0.3 is 10.0 Å². The summed E-state index contributed by atoms with van der Waals surface area (Å²) in [5.41, 5.74) is 0. The van der Waals surface area contributed by atoms with Crippen LogP contribution in [0.15, 0.2) is 0 Å². The number of piperidine rings is 1. The van der Waals surface area contributed by atoms with E-state index < -0.39 is 0 Å². The van der Waals surface area contributed by atoms with Gasteiger partial charge >= 0.3 is 0 Å². The highest BCUT2D eigenvalue weighted by Gasteiger charge is 2.54. The first-order valence-electron chi connectivity index (χ1n) is 9.19. The smallest absolute Gasteiger partial charge is 0.226 e. The summed E-state index contributed by atoms with van der Waals surface area (Å²) in [6, 6.07) is 0.701. The first-order valence-corrected chi connectivity index (χ1v) is 9.19. The average molecular weight is 289 g/mol. The van der Waals surface area contributed by atoms with Crippen molar-refractivity contribution >= 4 is 5.91 Å². The number of carbonyl (C=O) groups excluding carboxylic acids is 1. The van der Waals surface area contributed by atoms with E-state index in [1.165, 1.54) is 32.1 Å². The lowest BCUT2D eigenvalue weighted by Crippen LogP contribution is -2.56. The molecule has 21 heavy (non-hydrogen) atoms. The third kappa shape index (κ3) is 1.85. The van der Waals surface area contributed by atoms with Crippen LogP contribution >= 0.6 is 0 Å². The zero-order valence-electron chi connectivity index (χ0n) is 12.8. The molecule has 4 aliphatic carbocycles. The predicted molar refractivity (Wildman–Crippen MR) is 79.4 cm³/mol. The number of nitrogens with zero attached hydrogens (tertiary/aromatic N) is 1. The lowest BCUT2D eigenvalue weighted by atomic mass is 9.51. The van der Waals surface area contributed by atoms with Gasteiger partial charge in [-0.2, -0.15) is 0 Å². The normalized spacial score (nSPS) is 54.2. The van der Waals surface area contributed by atoms with Gasteiger partial charge in [0.15, 0.2) is 0 Å². The van der Waals surface area contributed by atoms with Crippen LogP contribution in [0.25, 0.3) is 0 Å². The van der Waals surface area contributed by atoms with Crippen molar-refractivity contribution in [1.82, 2.24) is 4.90 Å². The lowest BCUT2D eigenvalue weighted by Gasteiger charge is -2.55. The molecule has 6 fully saturated rings. The number of fused-ring (bicyclic) bond motifs is 2. The van der Waals surface area contributed by atoms with Gasteiger partial charge in [0.2, 0.25) is 5.91 Å². The minimum Gasteiger partial charge on any atom is -0.393 e. The number of hydrogen-bond acceptors (Lipinski definition) is 2. The molecule has 2 aliphatic heterocycles. The van der Waals surface area contributed by atoms with Gasteiger partial charge in [-0.25, -0.2) is 0 Å². The molecule has 2 unspecified atom stereocenters. The molecule has 3 nitrogen and oxygen atoms in total. The van der Waals surface area contributed by atoms with Crippen molar-refractivity contribution < 1.29 is 9.90 Å². The molecule has 2 atom stereocenters. The van der Waals surface area contributed by atoms with Crippen molar-refractivity contribution in [3.05, 3.63) is 0 Å². The Morgan fingerprint density at radius 2 is 1.33 bits per heavy atom. The second-order valence-corrected chi connectivity index (χ2v) is 8.71. The fraction of sp³-hybridized carbons (Fsp3) is 0.944. The van der Waals surface area contributed by atoms with Crippen LogP contribution in [0, 0.1) is 29.6 Å². The minimum atomic E-state index is -0.162. The standard InChI is InChI=1S/C18H27NO2/c20-16-8-14-1-2-15(9-16)19(14)18(21)17-12-4-10-3-11(6-12)7-13(17)5-10/h10-17,20H,1-9H2. The largest absolute Gasteiger partial charge is 0.393 e. The maximum Gasteiger partial charge on any atom is 0.226 e. The maximum absolute atomic E-state index is 13.3. The Kier molecular flexibility index (Phi) is 2.75. The molecule has 0 spiro atoms. The lowest BCUT2D eigenvalue weighted by molar-refractivity contribution is -0.155. The highest BCUT2D eigenvalue weighted by Crippen LogP contribution is 2.57. The van der Waals surface area contributed by atoms with Gasteiger partial charge in [0.1, 0.15) is 0 Å². The summed E-state index contributed by atoms with van der Waals surface area (Å²) in [5.74, 6) is 4.10. The molecule has 4 saturated carbocycles. The summed E-state index contributed by atoms with van der Waals surface area (Å²) in [7, 11) is 0. The molecule has 0 aromatic heterocycles. The molecule has 2 heterocycles. The molecule has 6 bridgehead atoms. The molecule has 1 N–H and O–H groups in total. The van der Waals surface area contributed by atoms with Crippen LogP contribution in [-0.4, -0.2) is 34.1 Å². The molecule has 6 rings (SSSR count). The first kappa shape index (κ1) is 12.9. The molecule has 0 radical (unpaired) electrons. The second-order valence-electron chi connectivity index (χ2n) is 8.71. The SMILES string of the molecule is O=C(C1C2CC3CC(C2)CC1C3)N1C2CCC1CC(O)C2. The molecular weight excluding hydrogens is 262 g/mol. The summed E-state index contributed by atoms with van der Waals surface area (Å²) in [4.78, 5) is 15.5. The Labute approximate surface area is 127 Å². The van der Waals surface area contributed by atoms with E-state index in [0.717, 1.165) is 37.5 Å². The molecule has 3 heteroatoms. The van der Waals surface area contributed by atoms with Crippen LogP contribution in [0.4, 0.5) is 0 Å². The third-order valence-corrected chi connectivity index (χ3v) is 7.47. The number of hydrogen-bond donors (Lipinski definition) is 1. The van der Waals surface area contributed by atoms with E-state index in [1.807, 2.05) is 0 Å². The quantitative estimate of drug-likeness (QED) is 0.806. The molecule has 0 aromatic carbocycles. The number of rotatable bonds is 1. The highest BCUT2D eigenvalue weighted by molar-refractivity contribution is 5.81. The van der Waals surface area contributed by atoms with Crippen molar-refractivity contribution in [3.63, 3.8) is 0 Å². The van der Waals surface area contributed by atoms with Crippen LogP contribution in [0.1, 0.15) is 57.8 Å². The topological polar surface area (TPSA) is 40.5 Å². The van der Waals surface area contributed by atoms with E-state index in [2.05, 4.69) is 4.90 Å². The molecule has 6 aliphatic rings. The van der Waals surface area contributed by atoms with Gasteiger partial charge in [-0.3, -0.25) is 4.79 Å². The van der Waals surface area contributed by atoms with Gasteiger partial charge in [-0.15, -0.1) is 0 Å². The van der Waals surface area contributed by atoms with E-state index in [9.17, 15) is 9.90 Å². The van der Waals surface area contributed by atoms with E-state index in [1.54, 1.807) is 0 Å². The van der Waals surface area contributed by atoms with Gasteiger partial charge in [0.25, 0.3) is 0 Å². The molecule has 2 saturated heterocycles. The van der Waals surface area contributed by atoms with Gasteiger partial charge in [0.05, 0.1) is 6.10 Å². The number of carbonyl (C=O) groups is 1. The Bertz CT molecular complexity index is 420. The Morgan fingerprint density at radius 3 is 1.86 bits per heavy atom. The predicted octanol–water partition coefficient (Wildman–Crippen LogP) is 2.57. The third-order valence-electron chi connectivity index (χ3n) is 7.47. The van der Waals surface area contributed by atoms with Crippen LogP contribution in [0.5, 0.6) is 0 Å². The number of aliphatic hydroxyl groups excluding tert-OH is 1. The Morgan fingerprint density at radius 1 is 0.810 bits per heavy atom. The minimum absolute atomic E-state index is 0.162. The summed E-state index contributed by atoms with van der Waals surface area (Å²) in [6.45, 7) is 0. The van der Waals surface area contributed by atoms with E-state index in [4.69, 9.17) is 0 Å². The molecule has 0 aromatic rings. The van der Waals surface area contributed by atoms with E-state index in [-0.39, 0.29) is 6.10 Å². The molecule has 116 valence electrons. The van der Waals surface area contributed by atoms with E-state index >= 15 is 0 Å². The maximum atomic E-state index is 13.3. The Balaban J connectivity index is 1.40. The fourth-order valence-electron chi connectivity index (χ4n) is 7.01. The number of amides is 1. The zero-order valence-corrected chi connectivity index (χ0v) is 12.8. The monoisotopic (exact) mass is 289 g/mol. The summed E-state index contributed by atoms with van der Waals surface area (Å²) in [6.07, 6.45) is 10.5. The Hall–Kier alpha value is -0.570. The summed E-state index contributed by atoms with van der Waals surface area (Å²) < 4.78 is 0. The van der Waals surface area contributed by atoms with Crippen LogP contribution in [0.3, 0.4) is 0 Å². The van der Waals surface area contributed by atoms with Crippen molar-refractivity contribution in [1.29, 1.82) is 0 Å². The van der Waals surface area contributed by atoms with Crippen LogP contribution in [-0.2, 0) is 4.79 Å². The number of aliphatic hydroxyl groups is 1. The average Bonchev–Trinajstić information content (AvgIpc) is 2.69. The van der Waals surface area contributed by atoms with Gasteiger partial charge in [-0.1, -0.05) is 0 Å². The summed E-state index contributed by atoms with van der Waals surface area (Å²) >= 11 is 0. The molecule has 1 amide bonds. The zero-order chi connectivity index (χ0) is 14.1. The molecular formula is C18H27NO2. The van der Waals surface area contributed by atoms with Crippen molar-refractivity contribution in [2.45, 2.75) is 76.0 Å². The second kappa shape index (κ2) is 4.47. The highest BCUT2D eigenvalue weighted by atomic mass is 16.3.